The van der Waals surface area contributed by atoms with Crippen molar-refractivity contribution >= 4 is 22.5 Å². The summed E-state index contributed by atoms with van der Waals surface area (Å²) in [5.74, 6) is 0. The van der Waals surface area contributed by atoms with E-state index in [0.29, 0.717) is 10.7 Å². The Morgan fingerprint density at radius 2 is 1.93 bits per heavy atom. The van der Waals surface area contributed by atoms with Crippen LogP contribution in [-0.2, 0) is 5.60 Å². The van der Waals surface area contributed by atoms with Crippen LogP contribution in [0.3, 0.4) is 0 Å². The zero-order valence-electron chi connectivity index (χ0n) is 8.66. The molecule has 1 aromatic heterocycles. The first-order chi connectivity index (χ1) is 6.97. The van der Waals surface area contributed by atoms with Gasteiger partial charge in [-0.3, -0.25) is 0 Å². The maximum Gasteiger partial charge on any atom is 0.101 e. The van der Waals surface area contributed by atoms with E-state index in [1.54, 1.807) is 19.9 Å². The zero-order valence-corrected chi connectivity index (χ0v) is 9.42. The van der Waals surface area contributed by atoms with Crippen molar-refractivity contribution in [3.05, 3.63) is 41.0 Å². The standard InChI is InChI=1S/C12H12ClNO/c1-12(2,15)11-6-3-8-7-9(13)4-5-10(8)14-11/h3-7,15H,1-2H3. The molecule has 3 heteroatoms. The Bertz CT molecular complexity index is 502. The Labute approximate surface area is 93.5 Å². The average molecular weight is 222 g/mol. The summed E-state index contributed by atoms with van der Waals surface area (Å²) in [7, 11) is 0. The summed E-state index contributed by atoms with van der Waals surface area (Å²) in [6.07, 6.45) is 0. The fourth-order valence-corrected chi connectivity index (χ4v) is 1.62. The molecule has 0 bridgehead atoms. The molecule has 1 heterocycles. The molecule has 0 saturated heterocycles. The van der Waals surface area contributed by atoms with Crippen molar-refractivity contribution in [1.29, 1.82) is 0 Å². The highest BCUT2D eigenvalue weighted by molar-refractivity contribution is 6.31. The van der Waals surface area contributed by atoms with Gasteiger partial charge in [-0.25, -0.2) is 4.98 Å². The molecule has 0 atom stereocenters. The maximum atomic E-state index is 9.81. The number of fused-ring (bicyclic) bond motifs is 1. The molecule has 0 unspecified atom stereocenters. The molecule has 1 N–H and O–H groups in total. The molecule has 15 heavy (non-hydrogen) atoms. The molecule has 0 fully saturated rings. The second-order valence-electron chi connectivity index (χ2n) is 4.09. The Hall–Kier alpha value is -1.12. The highest BCUT2D eigenvalue weighted by Crippen LogP contribution is 2.22. The number of nitrogens with zero attached hydrogens (tertiary/aromatic N) is 1. The van der Waals surface area contributed by atoms with Crippen molar-refractivity contribution in [3.63, 3.8) is 0 Å². The van der Waals surface area contributed by atoms with Gasteiger partial charge in [-0.15, -0.1) is 0 Å². The van der Waals surface area contributed by atoms with E-state index in [4.69, 9.17) is 11.6 Å². The third-order valence-electron chi connectivity index (χ3n) is 2.28. The number of aromatic nitrogens is 1. The van der Waals surface area contributed by atoms with Gasteiger partial charge < -0.3 is 5.11 Å². The third-order valence-corrected chi connectivity index (χ3v) is 2.51. The molecule has 2 rings (SSSR count). The number of rotatable bonds is 1. The van der Waals surface area contributed by atoms with Crippen LogP contribution in [0, 0.1) is 0 Å². The van der Waals surface area contributed by atoms with Crippen LogP contribution in [0.1, 0.15) is 19.5 Å². The molecule has 0 aliphatic carbocycles. The summed E-state index contributed by atoms with van der Waals surface area (Å²) in [4.78, 5) is 4.38. The van der Waals surface area contributed by atoms with Crippen molar-refractivity contribution in [3.8, 4) is 0 Å². The third kappa shape index (κ3) is 2.11. The molecule has 0 spiro atoms. The van der Waals surface area contributed by atoms with Crippen LogP contribution in [0.5, 0.6) is 0 Å². The molecule has 1 aromatic carbocycles. The molecule has 0 aliphatic heterocycles. The van der Waals surface area contributed by atoms with Crippen LogP contribution in [0.25, 0.3) is 10.9 Å². The monoisotopic (exact) mass is 221 g/mol. The molecular formula is C12H12ClNO. The largest absolute Gasteiger partial charge is 0.384 e. The second-order valence-corrected chi connectivity index (χ2v) is 4.53. The maximum absolute atomic E-state index is 9.81. The van der Waals surface area contributed by atoms with E-state index < -0.39 is 5.60 Å². The smallest absolute Gasteiger partial charge is 0.101 e. The van der Waals surface area contributed by atoms with Crippen molar-refractivity contribution in [2.75, 3.05) is 0 Å². The SMILES string of the molecule is CC(C)(O)c1ccc2cc(Cl)ccc2n1. The summed E-state index contributed by atoms with van der Waals surface area (Å²) < 4.78 is 0. The van der Waals surface area contributed by atoms with Gasteiger partial charge in [-0.1, -0.05) is 17.7 Å². The number of benzene rings is 1. The highest BCUT2D eigenvalue weighted by Gasteiger charge is 2.17. The van der Waals surface area contributed by atoms with Crippen LogP contribution in [0.2, 0.25) is 5.02 Å². The highest BCUT2D eigenvalue weighted by atomic mass is 35.5. The fraction of sp³-hybridized carbons (Fsp3) is 0.250. The lowest BCUT2D eigenvalue weighted by atomic mass is 10.0. The fourth-order valence-electron chi connectivity index (χ4n) is 1.44. The number of pyridine rings is 1. The lowest BCUT2D eigenvalue weighted by molar-refractivity contribution is 0.0742. The van der Waals surface area contributed by atoms with E-state index in [1.165, 1.54) is 0 Å². The van der Waals surface area contributed by atoms with E-state index >= 15 is 0 Å². The molecule has 78 valence electrons. The van der Waals surface area contributed by atoms with Gasteiger partial charge in [0.25, 0.3) is 0 Å². The van der Waals surface area contributed by atoms with Crippen LogP contribution in [-0.4, -0.2) is 10.1 Å². The van der Waals surface area contributed by atoms with Gasteiger partial charge in [0.15, 0.2) is 0 Å². The lowest BCUT2D eigenvalue weighted by Crippen LogP contribution is -2.17. The molecule has 0 saturated carbocycles. The predicted octanol–water partition coefficient (Wildman–Crippen LogP) is 3.12. The summed E-state index contributed by atoms with van der Waals surface area (Å²) >= 11 is 5.87. The Morgan fingerprint density at radius 1 is 1.20 bits per heavy atom. The summed E-state index contributed by atoms with van der Waals surface area (Å²) in [5, 5.41) is 11.5. The van der Waals surface area contributed by atoms with Crippen molar-refractivity contribution in [2.45, 2.75) is 19.4 Å². The van der Waals surface area contributed by atoms with Crippen molar-refractivity contribution < 1.29 is 5.11 Å². The van der Waals surface area contributed by atoms with Crippen LogP contribution in [0.15, 0.2) is 30.3 Å². The first kappa shape index (κ1) is 10.4. The van der Waals surface area contributed by atoms with E-state index in [0.717, 1.165) is 10.9 Å². The van der Waals surface area contributed by atoms with Gasteiger partial charge in [0, 0.05) is 10.4 Å². The predicted molar refractivity (Wildman–Crippen MR) is 62.0 cm³/mol. The molecular weight excluding hydrogens is 210 g/mol. The van der Waals surface area contributed by atoms with E-state index in [1.807, 2.05) is 24.3 Å². The lowest BCUT2D eigenvalue weighted by Gasteiger charge is -2.16. The number of hydrogen-bond acceptors (Lipinski definition) is 2. The van der Waals surface area contributed by atoms with Crippen LogP contribution in [0.4, 0.5) is 0 Å². The molecule has 2 nitrogen and oxygen atoms in total. The first-order valence-corrected chi connectivity index (χ1v) is 5.14. The molecule has 0 radical (unpaired) electrons. The van der Waals surface area contributed by atoms with Crippen LogP contribution < -0.4 is 0 Å². The Balaban J connectivity index is 2.62. The molecule has 0 aliphatic rings. The first-order valence-electron chi connectivity index (χ1n) is 4.76. The summed E-state index contributed by atoms with van der Waals surface area (Å²) in [6, 6.07) is 9.25. The minimum absolute atomic E-state index is 0.664. The molecule has 2 aromatic rings. The van der Waals surface area contributed by atoms with E-state index in [-0.39, 0.29) is 0 Å². The van der Waals surface area contributed by atoms with E-state index in [2.05, 4.69) is 4.98 Å². The topological polar surface area (TPSA) is 33.1 Å². The number of halogens is 1. The van der Waals surface area contributed by atoms with E-state index in [9.17, 15) is 5.11 Å². The van der Waals surface area contributed by atoms with Gasteiger partial charge in [0.2, 0.25) is 0 Å². The quantitative estimate of drug-likeness (QED) is 0.803. The van der Waals surface area contributed by atoms with Gasteiger partial charge in [0.1, 0.15) is 5.60 Å². The number of hydrogen-bond donors (Lipinski definition) is 1. The summed E-state index contributed by atoms with van der Waals surface area (Å²) in [6.45, 7) is 3.44. The van der Waals surface area contributed by atoms with Crippen LogP contribution >= 0.6 is 11.6 Å². The van der Waals surface area contributed by atoms with Gasteiger partial charge in [-0.2, -0.15) is 0 Å². The van der Waals surface area contributed by atoms with Gasteiger partial charge in [0.05, 0.1) is 11.2 Å². The second kappa shape index (κ2) is 3.47. The molecule has 0 amide bonds. The minimum atomic E-state index is -0.909. The minimum Gasteiger partial charge on any atom is -0.384 e. The van der Waals surface area contributed by atoms with Crippen molar-refractivity contribution in [2.24, 2.45) is 0 Å². The average Bonchev–Trinajstić information content (AvgIpc) is 2.15. The van der Waals surface area contributed by atoms with Crippen molar-refractivity contribution in [1.82, 2.24) is 4.98 Å². The normalized spacial score (nSPS) is 12.0. The summed E-state index contributed by atoms with van der Waals surface area (Å²) in [5.41, 5.74) is 0.602. The van der Waals surface area contributed by atoms with Gasteiger partial charge in [-0.05, 0) is 38.1 Å². The van der Waals surface area contributed by atoms with Gasteiger partial charge >= 0.3 is 0 Å². The number of aliphatic hydroxyl groups is 1. The Kier molecular flexibility index (Phi) is 2.41. The Morgan fingerprint density at radius 3 is 2.60 bits per heavy atom. The zero-order chi connectivity index (χ0) is 11.1.